The molecule has 1 aromatic rings. The van der Waals surface area contributed by atoms with E-state index in [9.17, 15) is 20.0 Å². The van der Waals surface area contributed by atoms with Gasteiger partial charge in [-0.1, -0.05) is 0 Å². The maximum atomic E-state index is 12.3. The summed E-state index contributed by atoms with van der Waals surface area (Å²) in [7, 11) is 0. The van der Waals surface area contributed by atoms with E-state index in [2.05, 4.69) is 5.32 Å². The highest BCUT2D eigenvalue weighted by Crippen LogP contribution is 2.26. The number of amides is 1. The van der Waals surface area contributed by atoms with Gasteiger partial charge in [0.2, 0.25) is 0 Å². The molecule has 22 heavy (non-hydrogen) atoms. The number of carbonyl (C=O) groups excluding carboxylic acids is 1. The van der Waals surface area contributed by atoms with Crippen LogP contribution in [-0.2, 0) is 4.74 Å². The summed E-state index contributed by atoms with van der Waals surface area (Å²) in [6.07, 6.45) is -0.630. The van der Waals surface area contributed by atoms with Crippen LogP contribution in [0.3, 0.4) is 0 Å². The quantitative estimate of drug-likeness (QED) is 0.617. The molecule has 1 heterocycles. The van der Waals surface area contributed by atoms with Crippen molar-refractivity contribution < 1.29 is 19.6 Å². The summed E-state index contributed by atoms with van der Waals surface area (Å²) in [4.78, 5) is 24.6. The summed E-state index contributed by atoms with van der Waals surface area (Å²) < 4.78 is 5.19. The second-order valence-electron chi connectivity index (χ2n) is 5.12. The zero-order chi connectivity index (χ0) is 16.1. The van der Waals surface area contributed by atoms with Gasteiger partial charge in [0, 0.05) is 31.3 Å². The Hall–Kier alpha value is -2.19. The summed E-state index contributed by atoms with van der Waals surface area (Å²) in [6, 6.07) is 4.31. The molecule has 1 atom stereocenters. The lowest BCUT2D eigenvalue weighted by atomic mass is 10.1. The Bertz CT molecular complexity index is 555. The lowest BCUT2D eigenvalue weighted by molar-refractivity contribution is -0.384. The van der Waals surface area contributed by atoms with Crippen LogP contribution in [0.15, 0.2) is 18.2 Å². The molecule has 8 nitrogen and oxygen atoms in total. The fourth-order valence-electron chi connectivity index (χ4n) is 2.17. The number of nitrogens with one attached hydrogen (secondary N) is 1. The number of aliphatic hydroxyl groups excluding tert-OH is 1. The zero-order valence-electron chi connectivity index (χ0n) is 12.3. The first kappa shape index (κ1) is 16.2. The van der Waals surface area contributed by atoms with Gasteiger partial charge in [-0.2, -0.15) is 0 Å². The number of rotatable bonds is 5. The Morgan fingerprint density at radius 3 is 2.77 bits per heavy atom. The molecule has 2 N–H and O–H groups in total. The molecule has 1 unspecified atom stereocenters. The number of nitro groups is 1. The topological polar surface area (TPSA) is 105 Å². The van der Waals surface area contributed by atoms with Gasteiger partial charge in [0.15, 0.2) is 0 Å². The number of morpholine rings is 1. The van der Waals surface area contributed by atoms with Crippen molar-refractivity contribution >= 4 is 17.3 Å². The van der Waals surface area contributed by atoms with E-state index in [4.69, 9.17) is 4.74 Å². The molecule has 0 aromatic heterocycles. The van der Waals surface area contributed by atoms with Gasteiger partial charge in [0.05, 0.1) is 24.2 Å². The van der Waals surface area contributed by atoms with Gasteiger partial charge in [0.25, 0.3) is 11.6 Å². The number of anilines is 1. The van der Waals surface area contributed by atoms with Gasteiger partial charge < -0.3 is 20.1 Å². The molecule has 120 valence electrons. The fraction of sp³-hybridized carbons (Fsp3) is 0.500. The Morgan fingerprint density at radius 2 is 2.18 bits per heavy atom. The number of nitro benzene ring substituents is 1. The number of hydrogen-bond acceptors (Lipinski definition) is 6. The molecule has 1 aromatic carbocycles. The molecule has 1 amide bonds. The van der Waals surface area contributed by atoms with Crippen molar-refractivity contribution in [1.29, 1.82) is 0 Å². The molecule has 8 heteroatoms. The van der Waals surface area contributed by atoms with Crippen LogP contribution in [0.2, 0.25) is 0 Å². The highest BCUT2D eigenvalue weighted by Gasteiger charge is 2.22. The number of nitrogens with zero attached hydrogens (tertiary/aromatic N) is 2. The predicted molar refractivity (Wildman–Crippen MR) is 80.0 cm³/mol. The monoisotopic (exact) mass is 309 g/mol. The largest absolute Gasteiger partial charge is 0.392 e. The van der Waals surface area contributed by atoms with Crippen LogP contribution in [0, 0.1) is 10.1 Å². The Kier molecular flexibility index (Phi) is 5.29. The van der Waals surface area contributed by atoms with Gasteiger partial charge in [-0.25, -0.2) is 0 Å². The average Bonchev–Trinajstić information content (AvgIpc) is 2.52. The van der Waals surface area contributed by atoms with Crippen molar-refractivity contribution in [2.45, 2.75) is 13.0 Å². The molecule has 0 radical (unpaired) electrons. The molecule has 0 saturated carbocycles. The predicted octanol–water partition coefficient (Wildman–Crippen LogP) is 0.860. The molecule has 2 rings (SSSR count). The second-order valence-corrected chi connectivity index (χ2v) is 5.12. The summed E-state index contributed by atoms with van der Waals surface area (Å²) in [5.41, 5.74) is 0.375. The normalized spacial score (nSPS) is 16.2. The summed E-state index contributed by atoms with van der Waals surface area (Å²) in [5.74, 6) is -0.242. The number of carbonyl (C=O) groups is 1. The van der Waals surface area contributed by atoms with E-state index in [1.54, 1.807) is 17.9 Å². The molecule has 1 fully saturated rings. The third-order valence-electron chi connectivity index (χ3n) is 3.33. The molecule has 0 aliphatic carbocycles. The van der Waals surface area contributed by atoms with E-state index >= 15 is 0 Å². The van der Waals surface area contributed by atoms with E-state index in [1.165, 1.54) is 12.1 Å². The van der Waals surface area contributed by atoms with Gasteiger partial charge in [-0.3, -0.25) is 14.9 Å². The van der Waals surface area contributed by atoms with Crippen molar-refractivity contribution in [3.05, 3.63) is 33.9 Å². The first-order valence-corrected chi connectivity index (χ1v) is 7.06. The minimum absolute atomic E-state index is 0.181. The Labute approximate surface area is 127 Å². The van der Waals surface area contributed by atoms with Crippen molar-refractivity contribution in [2.24, 2.45) is 0 Å². The van der Waals surface area contributed by atoms with Crippen LogP contribution in [0.5, 0.6) is 0 Å². The summed E-state index contributed by atoms with van der Waals surface area (Å²) in [5, 5.41) is 23.2. The number of benzene rings is 1. The molecule has 1 aliphatic heterocycles. The number of hydrogen-bond donors (Lipinski definition) is 2. The lowest BCUT2D eigenvalue weighted by Crippen LogP contribution is -2.40. The second kappa shape index (κ2) is 7.19. The molecular formula is C14H19N3O5. The summed E-state index contributed by atoms with van der Waals surface area (Å²) in [6.45, 7) is 3.68. The van der Waals surface area contributed by atoms with E-state index < -0.39 is 11.0 Å². The highest BCUT2D eigenvalue weighted by molar-refractivity contribution is 5.95. The van der Waals surface area contributed by atoms with Crippen molar-refractivity contribution in [2.75, 3.05) is 38.2 Å². The third-order valence-corrected chi connectivity index (χ3v) is 3.33. The van der Waals surface area contributed by atoms with Crippen LogP contribution in [0.25, 0.3) is 0 Å². The number of ether oxygens (including phenoxy) is 1. The molecule has 1 saturated heterocycles. The van der Waals surface area contributed by atoms with Gasteiger partial charge in [-0.05, 0) is 19.1 Å². The zero-order valence-corrected chi connectivity index (χ0v) is 12.3. The summed E-state index contributed by atoms with van der Waals surface area (Å²) >= 11 is 0. The lowest BCUT2D eigenvalue weighted by Gasteiger charge is -2.26. The smallest absolute Gasteiger partial charge is 0.293 e. The van der Waals surface area contributed by atoms with E-state index in [0.29, 0.717) is 26.3 Å². The maximum absolute atomic E-state index is 12.3. The SMILES string of the molecule is CC(O)CNc1ccc(C(=O)N2CCOCC2)cc1[N+](=O)[O-]. The van der Waals surface area contributed by atoms with Crippen LogP contribution in [-0.4, -0.2) is 59.8 Å². The minimum atomic E-state index is -0.630. The molecule has 1 aliphatic rings. The van der Waals surface area contributed by atoms with Crippen LogP contribution < -0.4 is 5.32 Å². The van der Waals surface area contributed by atoms with Crippen molar-refractivity contribution in [1.82, 2.24) is 4.90 Å². The van der Waals surface area contributed by atoms with E-state index in [-0.39, 0.29) is 29.4 Å². The van der Waals surface area contributed by atoms with Gasteiger partial charge in [-0.15, -0.1) is 0 Å². The van der Waals surface area contributed by atoms with Gasteiger partial charge >= 0.3 is 0 Å². The standard InChI is InChI=1S/C14H19N3O5/c1-10(18)9-15-12-3-2-11(8-13(12)17(20)21)14(19)16-4-6-22-7-5-16/h2-3,8,10,15,18H,4-7,9H2,1H3. The van der Waals surface area contributed by atoms with Gasteiger partial charge in [0.1, 0.15) is 5.69 Å². The van der Waals surface area contributed by atoms with Crippen molar-refractivity contribution in [3.8, 4) is 0 Å². The van der Waals surface area contributed by atoms with Crippen LogP contribution >= 0.6 is 0 Å². The van der Waals surface area contributed by atoms with Crippen LogP contribution in [0.4, 0.5) is 11.4 Å². The van der Waals surface area contributed by atoms with Crippen LogP contribution in [0.1, 0.15) is 17.3 Å². The Balaban J connectivity index is 2.20. The third kappa shape index (κ3) is 3.92. The first-order chi connectivity index (χ1) is 10.5. The first-order valence-electron chi connectivity index (χ1n) is 7.06. The number of aliphatic hydroxyl groups is 1. The highest BCUT2D eigenvalue weighted by atomic mass is 16.6. The minimum Gasteiger partial charge on any atom is -0.392 e. The van der Waals surface area contributed by atoms with Crippen molar-refractivity contribution in [3.63, 3.8) is 0 Å². The average molecular weight is 309 g/mol. The molecule has 0 bridgehead atoms. The molecule has 0 spiro atoms. The molecular weight excluding hydrogens is 290 g/mol. The maximum Gasteiger partial charge on any atom is 0.293 e. The van der Waals surface area contributed by atoms with E-state index in [0.717, 1.165) is 0 Å². The Morgan fingerprint density at radius 1 is 1.50 bits per heavy atom. The van der Waals surface area contributed by atoms with E-state index in [1.807, 2.05) is 0 Å². The fourth-order valence-corrected chi connectivity index (χ4v) is 2.17.